The molecule has 0 amide bonds. The molecule has 2 heteroatoms. The summed E-state index contributed by atoms with van der Waals surface area (Å²) < 4.78 is 0. The second-order valence-electron chi connectivity index (χ2n) is 5.86. The van der Waals surface area contributed by atoms with Crippen molar-refractivity contribution < 1.29 is 0 Å². The molecular weight excluding hydrogens is 220 g/mol. The SMILES string of the molecule is CCCCN(CCCC)CC1CCCC1NCC. The highest BCUT2D eigenvalue weighted by Crippen LogP contribution is 2.26. The Hall–Kier alpha value is -0.0800. The molecule has 0 aromatic rings. The lowest BCUT2D eigenvalue weighted by molar-refractivity contribution is 0.208. The fourth-order valence-corrected chi connectivity index (χ4v) is 3.18. The van der Waals surface area contributed by atoms with Gasteiger partial charge in [-0.3, -0.25) is 0 Å². The lowest BCUT2D eigenvalue weighted by atomic mass is 10.0. The van der Waals surface area contributed by atoms with Crippen molar-refractivity contribution in [2.24, 2.45) is 5.92 Å². The normalized spacial score (nSPS) is 24.0. The van der Waals surface area contributed by atoms with Crippen molar-refractivity contribution in [3.8, 4) is 0 Å². The Morgan fingerprint density at radius 1 is 1.00 bits per heavy atom. The van der Waals surface area contributed by atoms with Gasteiger partial charge in [0, 0.05) is 12.6 Å². The molecule has 18 heavy (non-hydrogen) atoms. The lowest BCUT2D eigenvalue weighted by Gasteiger charge is -2.29. The fraction of sp³-hybridized carbons (Fsp3) is 1.00. The zero-order valence-corrected chi connectivity index (χ0v) is 12.9. The molecule has 2 atom stereocenters. The van der Waals surface area contributed by atoms with Gasteiger partial charge in [-0.1, -0.05) is 40.0 Å². The molecule has 0 aromatic carbocycles. The number of nitrogens with zero attached hydrogens (tertiary/aromatic N) is 1. The third kappa shape index (κ3) is 5.71. The molecule has 1 rings (SSSR count). The van der Waals surface area contributed by atoms with Crippen LogP contribution >= 0.6 is 0 Å². The Kier molecular flexibility index (Phi) is 8.70. The van der Waals surface area contributed by atoms with E-state index in [0.717, 1.165) is 18.5 Å². The Morgan fingerprint density at radius 2 is 1.67 bits per heavy atom. The molecule has 1 fully saturated rings. The molecule has 2 nitrogen and oxygen atoms in total. The van der Waals surface area contributed by atoms with Gasteiger partial charge in [-0.05, 0) is 51.2 Å². The average Bonchev–Trinajstić information content (AvgIpc) is 2.80. The van der Waals surface area contributed by atoms with Crippen LogP contribution < -0.4 is 5.32 Å². The Morgan fingerprint density at radius 3 is 2.22 bits per heavy atom. The van der Waals surface area contributed by atoms with Crippen molar-refractivity contribution in [2.45, 2.75) is 71.8 Å². The van der Waals surface area contributed by atoms with Crippen molar-refractivity contribution in [1.82, 2.24) is 10.2 Å². The highest BCUT2D eigenvalue weighted by Gasteiger charge is 2.27. The van der Waals surface area contributed by atoms with Crippen molar-refractivity contribution in [1.29, 1.82) is 0 Å². The molecule has 2 unspecified atom stereocenters. The van der Waals surface area contributed by atoms with E-state index < -0.39 is 0 Å². The standard InChI is InChI=1S/C16H34N2/c1-4-7-12-18(13-8-5-2)14-15-10-9-11-16(15)17-6-3/h15-17H,4-14H2,1-3H3. The minimum absolute atomic E-state index is 0.792. The average molecular weight is 254 g/mol. The maximum absolute atomic E-state index is 3.69. The topological polar surface area (TPSA) is 15.3 Å². The van der Waals surface area contributed by atoms with Crippen LogP contribution in [0.5, 0.6) is 0 Å². The van der Waals surface area contributed by atoms with Crippen LogP contribution in [0, 0.1) is 5.92 Å². The number of hydrogen-bond acceptors (Lipinski definition) is 2. The first-order chi connectivity index (χ1) is 8.81. The fourth-order valence-electron chi connectivity index (χ4n) is 3.18. The largest absolute Gasteiger partial charge is 0.314 e. The van der Waals surface area contributed by atoms with Gasteiger partial charge in [-0.2, -0.15) is 0 Å². The Labute approximate surface area is 115 Å². The van der Waals surface area contributed by atoms with Crippen LogP contribution in [-0.4, -0.2) is 37.1 Å². The summed E-state index contributed by atoms with van der Waals surface area (Å²) in [5.41, 5.74) is 0. The minimum Gasteiger partial charge on any atom is -0.314 e. The zero-order chi connectivity index (χ0) is 13.2. The van der Waals surface area contributed by atoms with Crippen molar-refractivity contribution >= 4 is 0 Å². The molecular formula is C16H34N2. The zero-order valence-electron chi connectivity index (χ0n) is 12.9. The van der Waals surface area contributed by atoms with Gasteiger partial charge in [0.05, 0.1) is 0 Å². The Balaban J connectivity index is 2.36. The summed E-state index contributed by atoms with van der Waals surface area (Å²) in [6.45, 7) is 11.9. The molecule has 0 aromatic heterocycles. The third-order valence-corrected chi connectivity index (χ3v) is 4.27. The van der Waals surface area contributed by atoms with E-state index in [1.54, 1.807) is 0 Å². The maximum Gasteiger partial charge on any atom is 0.0107 e. The van der Waals surface area contributed by atoms with Gasteiger partial charge in [0.2, 0.25) is 0 Å². The van der Waals surface area contributed by atoms with E-state index in [2.05, 4.69) is 31.0 Å². The summed E-state index contributed by atoms with van der Waals surface area (Å²) in [4.78, 5) is 2.73. The predicted octanol–water partition coefficient (Wildman–Crippen LogP) is 3.67. The summed E-state index contributed by atoms with van der Waals surface area (Å²) in [6.07, 6.45) is 9.64. The third-order valence-electron chi connectivity index (χ3n) is 4.27. The van der Waals surface area contributed by atoms with Gasteiger partial charge in [-0.25, -0.2) is 0 Å². The number of hydrogen-bond donors (Lipinski definition) is 1. The van der Waals surface area contributed by atoms with Crippen LogP contribution in [0.2, 0.25) is 0 Å². The highest BCUT2D eigenvalue weighted by molar-refractivity contribution is 4.85. The van der Waals surface area contributed by atoms with Gasteiger partial charge < -0.3 is 10.2 Å². The molecule has 0 saturated heterocycles. The minimum atomic E-state index is 0.792. The van der Waals surface area contributed by atoms with Crippen LogP contribution in [0.4, 0.5) is 0 Å². The smallest absolute Gasteiger partial charge is 0.0107 e. The number of rotatable bonds is 10. The predicted molar refractivity (Wildman–Crippen MR) is 81.1 cm³/mol. The van der Waals surface area contributed by atoms with E-state index in [0.29, 0.717) is 0 Å². The molecule has 0 radical (unpaired) electrons. The molecule has 0 spiro atoms. The first-order valence-electron chi connectivity index (χ1n) is 8.27. The summed E-state index contributed by atoms with van der Waals surface area (Å²) in [5, 5.41) is 3.69. The van der Waals surface area contributed by atoms with Crippen molar-refractivity contribution in [3.05, 3.63) is 0 Å². The van der Waals surface area contributed by atoms with Gasteiger partial charge in [-0.15, -0.1) is 0 Å². The Bertz CT molecular complexity index is 186. The van der Waals surface area contributed by atoms with E-state index in [1.165, 1.54) is 64.6 Å². The van der Waals surface area contributed by atoms with Crippen LogP contribution in [0.1, 0.15) is 65.7 Å². The quantitative estimate of drug-likeness (QED) is 0.640. The summed E-state index contributed by atoms with van der Waals surface area (Å²) in [7, 11) is 0. The molecule has 108 valence electrons. The second-order valence-corrected chi connectivity index (χ2v) is 5.86. The van der Waals surface area contributed by atoms with Crippen molar-refractivity contribution in [3.63, 3.8) is 0 Å². The van der Waals surface area contributed by atoms with Gasteiger partial charge in [0.1, 0.15) is 0 Å². The van der Waals surface area contributed by atoms with E-state index in [4.69, 9.17) is 0 Å². The number of nitrogens with one attached hydrogen (secondary N) is 1. The molecule has 0 bridgehead atoms. The molecule has 1 aliphatic carbocycles. The van der Waals surface area contributed by atoms with Crippen molar-refractivity contribution in [2.75, 3.05) is 26.2 Å². The summed E-state index contributed by atoms with van der Waals surface area (Å²) >= 11 is 0. The maximum atomic E-state index is 3.69. The molecule has 1 N–H and O–H groups in total. The van der Waals surface area contributed by atoms with E-state index in [9.17, 15) is 0 Å². The second kappa shape index (κ2) is 9.80. The van der Waals surface area contributed by atoms with Gasteiger partial charge in [0.15, 0.2) is 0 Å². The highest BCUT2D eigenvalue weighted by atomic mass is 15.1. The van der Waals surface area contributed by atoms with E-state index >= 15 is 0 Å². The van der Waals surface area contributed by atoms with E-state index in [-0.39, 0.29) is 0 Å². The number of unbranched alkanes of at least 4 members (excludes halogenated alkanes) is 2. The lowest BCUT2D eigenvalue weighted by Crippen LogP contribution is -2.40. The van der Waals surface area contributed by atoms with Crippen LogP contribution in [-0.2, 0) is 0 Å². The van der Waals surface area contributed by atoms with Crippen LogP contribution in [0.25, 0.3) is 0 Å². The molecule has 1 aliphatic rings. The van der Waals surface area contributed by atoms with E-state index in [1.807, 2.05) is 0 Å². The molecule has 0 aliphatic heterocycles. The van der Waals surface area contributed by atoms with Gasteiger partial charge >= 0.3 is 0 Å². The summed E-state index contributed by atoms with van der Waals surface area (Å²) in [5.74, 6) is 0.902. The summed E-state index contributed by atoms with van der Waals surface area (Å²) in [6, 6.07) is 0.792. The molecule has 0 heterocycles. The van der Waals surface area contributed by atoms with Crippen LogP contribution in [0.15, 0.2) is 0 Å². The first-order valence-corrected chi connectivity index (χ1v) is 8.27. The van der Waals surface area contributed by atoms with Gasteiger partial charge in [0.25, 0.3) is 0 Å². The first kappa shape index (κ1) is 16.0. The monoisotopic (exact) mass is 254 g/mol. The van der Waals surface area contributed by atoms with Crippen LogP contribution in [0.3, 0.4) is 0 Å². The molecule has 1 saturated carbocycles.